The minimum atomic E-state index is -0.0834. The van der Waals surface area contributed by atoms with Crippen LogP contribution in [-0.2, 0) is 0 Å². The fraction of sp³-hybridized carbons (Fsp3) is 0.692. The van der Waals surface area contributed by atoms with E-state index in [1.54, 1.807) is 20.4 Å². The standard InChI is InChI=1S/C13H24N4O2/c1-5-6-7-9(2)11(17-14)12-13(19-4)16-10(18-3)8-15-12/h8-9,11,17H,5-7,14H2,1-4H3. The maximum atomic E-state index is 5.67. The lowest BCUT2D eigenvalue weighted by Crippen LogP contribution is -2.33. The number of unbranched alkanes of at least 4 members (excludes halogenated alkanes) is 1. The van der Waals surface area contributed by atoms with Gasteiger partial charge < -0.3 is 9.47 Å². The molecule has 1 rings (SSSR count). The SMILES string of the molecule is CCCCC(C)C(NN)c1ncc(OC)nc1OC. The van der Waals surface area contributed by atoms with Crippen molar-refractivity contribution in [1.82, 2.24) is 15.4 Å². The van der Waals surface area contributed by atoms with E-state index in [1.165, 1.54) is 0 Å². The van der Waals surface area contributed by atoms with Gasteiger partial charge in [-0.05, 0) is 12.3 Å². The Labute approximate surface area is 114 Å². The van der Waals surface area contributed by atoms with E-state index < -0.39 is 0 Å². The summed E-state index contributed by atoms with van der Waals surface area (Å²) in [6.45, 7) is 4.32. The number of hydrogen-bond acceptors (Lipinski definition) is 6. The highest BCUT2D eigenvalue weighted by Crippen LogP contribution is 2.30. The lowest BCUT2D eigenvalue weighted by atomic mass is 9.94. The van der Waals surface area contributed by atoms with E-state index in [9.17, 15) is 0 Å². The van der Waals surface area contributed by atoms with E-state index in [4.69, 9.17) is 15.3 Å². The largest absolute Gasteiger partial charge is 0.480 e. The Hall–Kier alpha value is -1.40. The molecule has 0 amide bonds. The van der Waals surface area contributed by atoms with Crippen LogP contribution in [0.3, 0.4) is 0 Å². The van der Waals surface area contributed by atoms with Crippen LogP contribution in [0.2, 0.25) is 0 Å². The topological polar surface area (TPSA) is 82.3 Å². The molecule has 2 atom stereocenters. The summed E-state index contributed by atoms with van der Waals surface area (Å²) in [5.74, 6) is 6.89. The first-order valence-corrected chi connectivity index (χ1v) is 6.58. The van der Waals surface area contributed by atoms with E-state index in [2.05, 4.69) is 29.2 Å². The molecule has 0 spiro atoms. The molecule has 6 nitrogen and oxygen atoms in total. The van der Waals surface area contributed by atoms with Crippen molar-refractivity contribution in [1.29, 1.82) is 0 Å². The molecule has 0 bridgehead atoms. The highest BCUT2D eigenvalue weighted by Gasteiger charge is 2.24. The summed E-state index contributed by atoms with van der Waals surface area (Å²) in [5, 5.41) is 0. The second kappa shape index (κ2) is 7.91. The van der Waals surface area contributed by atoms with E-state index in [-0.39, 0.29) is 6.04 Å². The van der Waals surface area contributed by atoms with Crippen molar-refractivity contribution in [3.05, 3.63) is 11.9 Å². The Morgan fingerprint density at radius 2 is 2.11 bits per heavy atom. The third-order valence-electron chi connectivity index (χ3n) is 3.20. The van der Waals surface area contributed by atoms with Gasteiger partial charge in [-0.2, -0.15) is 4.98 Å². The zero-order valence-corrected chi connectivity index (χ0v) is 12.1. The molecule has 1 aromatic rings. The highest BCUT2D eigenvalue weighted by molar-refractivity contribution is 5.26. The smallest absolute Gasteiger partial charge is 0.240 e. The summed E-state index contributed by atoms with van der Waals surface area (Å²) < 4.78 is 10.3. The zero-order chi connectivity index (χ0) is 14.3. The van der Waals surface area contributed by atoms with E-state index in [1.807, 2.05) is 0 Å². The van der Waals surface area contributed by atoms with Gasteiger partial charge in [-0.1, -0.05) is 26.7 Å². The average Bonchev–Trinajstić information content (AvgIpc) is 2.46. The molecule has 0 aliphatic carbocycles. The maximum Gasteiger partial charge on any atom is 0.240 e. The van der Waals surface area contributed by atoms with Gasteiger partial charge in [0, 0.05) is 0 Å². The summed E-state index contributed by atoms with van der Waals surface area (Å²) >= 11 is 0. The summed E-state index contributed by atoms with van der Waals surface area (Å²) in [4.78, 5) is 8.60. The van der Waals surface area contributed by atoms with Gasteiger partial charge >= 0.3 is 0 Å². The molecule has 108 valence electrons. The first kappa shape index (κ1) is 15.7. The molecule has 0 radical (unpaired) electrons. The average molecular weight is 268 g/mol. The van der Waals surface area contributed by atoms with Crippen molar-refractivity contribution in [2.24, 2.45) is 11.8 Å². The quantitative estimate of drug-likeness (QED) is 0.553. The summed E-state index contributed by atoms with van der Waals surface area (Å²) in [6.07, 6.45) is 4.97. The van der Waals surface area contributed by atoms with Crippen molar-refractivity contribution >= 4 is 0 Å². The lowest BCUT2D eigenvalue weighted by molar-refractivity contribution is 0.318. The Bertz CT molecular complexity index is 387. The fourth-order valence-electron chi connectivity index (χ4n) is 2.03. The number of nitrogens with zero attached hydrogens (tertiary/aromatic N) is 2. The Kier molecular flexibility index (Phi) is 6.52. The molecule has 0 saturated heterocycles. The Balaban J connectivity index is 2.96. The Morgan fingerprint density at radius 3 is 2.63 bits per heavy atom. The van der Waals surface area contributed by atoms with Crippen LogP contribution in [0.1, 0.15) is 44.8 Å². The summed E-state index contributed by atoms with van der Waals surface area (Å²) in [6, 6.07) is -0.0834. The molecule has 0 aliphatic heterocycles. The number of ether oxygens (including phenoxy) is 2. The molecule has 2 unspecified atom stereocenters. The van der Waals surface area contributed by atoms with Crippen molar-refractivity contribution in [2.45, 2.75) is 39.2 Å². The number of nitrogens with two attached hydrogens (primary N) is 1. The second-order valence-electron chi connectivity index (χ2n) is 4.57. The third kappa shape index (κ3) is 4.04. The molecule has 0 aliphatic rings. The van der Waals surface area contributed by atoms with Crippen LogP contribution in [0, 0.1) is 5.92 Å². The minimum Gasteiger partial charge on any atom is -0.480 e. The van der Waals surface area contributed by atoms with Crippen LogP contribution < -0.4 is 20.7 Å². The van der Waals surface area contributed by atoms with Crippen LogP contribution in [-0.4, -0.2) is 24.2 Å². The van der Waals surface area contributed by atoms with Crippen molar-refractivity contribution in [3.63, 3.8) is 0 Å². The number of hydrogen-bond donors (Lipinski definition) is 2. The molecule has 0 aromatic carbocycles. The first-order valence-electron chi connectivity index (χ1n) is 6.58. The normalized spacial score (nSPS) is 13.9. The monoisotopic (exact) mass is 268 g/mol. The molecule has 1 aromatic heterocycles. The molecule has 6 heteroatoms. The van der Waals surface area contributed by atoms with Gasteiger partial charge in [0.05, 0.1) is 26.5 Å². The number of nitrogens with one attached hydrogen (secondary N) is 1. The van der Waals surface area contributed by atoms with Gasteiger partial charge in [-0.3, -0.25) is 11.3 Å². The van der Waals surface area contributed by atoms with E-state index in [0.29, 0.717) is 17.7 Å². The van der Waals surface area contributed by atoms with Gasteiger partial charge in [-0.15, -0.1) is 0 Å². The van der Waals surface area contributed by atoms with Crippen LogP contribution >= 0.6 is 0 Å². The predicted molar refractivity (Wildman–Crippen MR) is 73.9 cm³/mol. The van der Waals surface area contributed by atoms with Crippen molar-refractivity contribution < 1.29 is 9.47 Å². The minimum absolute atomic E-state index is 0.0834. The van der Waals surface area contributed by atoms with Crippen molar-refractivity contribution in [3.8, 4) is 11.8 Å². The molecule has 0 fully saturated rings. The molecule has 1 heterocycles. The lowest BCUT2D eigenvalue weighted by Gasteiger charge is -2.23. The van der Waals surface area contributed by atoms with Gasteiger partial charge in [0.15, 0.2) is 0 Å². The number of methoxy groups -OCH3 is 2. The van der Waals surface area contributed by atoms with Crippen LogP contribution in [0.5, 0.6) is 11.8 Å². The van der Waals surface area contributed by atoms with Crippen LogP contribution in [0.25, 0.3) is 0 Å². The van der Waals surface area contributed by atoms with Gasteiger partial charge in [0.1, 0.15) is 5.69 Å². The number of rotatable bonds is 8. The Morgan fingerprint density at radius 1 is 1.37 bits per heavy atom. The van der Waals surface area contributed by atoms with Gasteiger partial charge in [0.2, 0.25) is 11.8 Å². The number of aromatic nitrogens is 2. The molecule has 0 saturated carbocycles. The second-order valence-corrected chi connectivity index (χ2v) is 4.57. The molecule has 3 N–H and O–H groups in total. The molecular formula is C13H24N4O2. The predicted octanol–water partition coefficient (Wildman–Crippen LogP) is 1.82. The molecule has 19 heavy (non-hydrogen) atoms. The summed E-state index contributed by atoms with van der Waals surface area (Å²) in [5.41, 5.74) is 3.53. The van der Waals surface area contributed by atoms with Crippen LogP contribution in [0.4, 0.5) is 0 Å². The number of hydrazine groups is 1. The summed E-state index contributed by atoms with van der Waals surface area (Å²) in [7, 11) is 3.11. The van der Waals surface area contributed by atoms with E-state index in [0.717, 1.165) is 25.0 Å². The highest BCUT2D eigenvalue weighted by atomic mass is 16.5. The van der Waals surface area contributed by atoms with E-state index >= 15 is 0 Å². The fourth-order valence-corrected chi connectivity index (χ4v) is 2.03. The molecular weight excluding hydrogens is 244 g/mol. The van der Waals surface area contributed by atoms with Crippen molar-refractivity contribution in [2.75, 3.05) is 14.2 Å². The first-order chi connectivity index (χ1) is 9.17. The van der Waals surface area contributed by atoms with Gasteiger partial charge in [-0.25, -0.2) is 4.98 Å². The van der Waals surface area contributed by atoms with Gasteiger partial charge in [0.25, 0.3) is 0 Å². The third-order valence-corrected chi connectivity index (χ3v) is 3.20. The zero-order valence-electron chi connectivity index (χ0n) is 12.1. The maximum absolute atomic E-state index is 5.67. The van der Waals surface area contributed by atoms with Crippen LogP contribution in [0.15, 0.2) is 6.20 Å².